The molecule has 0 N–H and O–H groups in total. The Morgan fingerprint density at radius 2 is 1.66 bits per heavy atom. The van der Waals surface area contributed by atoms with Gasteiger partial charge in [-0.2, -0.15) is 0 Å². The summed E-state index contributed by atoms with van der Waals surface area (Å²) in [5.74, 6) is -0.0648. The van der Waals surface area contributed by atoms with E-state index in [4.69, 9.17) is 0 Å². The van der Waals surface area contributed by atoms with Crippen LogP contribution in [0.4, 0.5) is 11.4 Å². The average Bonchev–Trinajstić information content (AvgIpc) is 3.14. The molecule has 0 saturated heterocycles. The molecule has 0 saturated carbocycles. The van der Waals surface area contributed by atoms with Crippen LogP contribution in [0, 0.1) is 0 Å². The summed E-state index contributed by atoms with van der Waals surface area (Å²) in [6.45, 7) is 4.13. The molecule has 32 heavy (non-hydrogen) atoms. The van der Waals surface area contributed by atoms with E-state index < -0.39 is 20.0 Å². The predicted octanol–water partition coefficient (Wildman–Crippen LogP) is 2.42. The zero-order chi connectivity index (χ0) is 23.8. The first-order valence-corrected chi connectivity index (χ1v) is 13.5. The van der Waals surface area contributed by atoms with Gasteiger partial charge in [0.05, 0.1) is 16.8 Å². The lowest BCUT2D eigenvalue weighted by Crippen LogP contribution is -2.42. The molecule has 1 heterocycles. The summed E-state index contributed by atoms with van der Waals surface area (Å²) in [6, 6.07) is 11.8. The SMILES string of the molecule is CC(C)c1ccc(N(CC(=O)N2CCc3cc(S(=O)(=O)N(C)C)ccc32)S(C)(=O)=O)cc1. The molecule has 0 unspecified atom stereocenters. The predicted molar refractivity (Wildman–Crippen MR) is 126 cm³/mol. The molecule has 10 heteroatoms. The molecule has 0 spiro atoms. The Hall–Kier alpha value is -2.43. The van der Waals surface area contributed by atoms with E-state index in [-0.39, 0.29) is 17.3 Å². The van der Waals surface area contributed by atoms with Crippen molar-refractivity contribution < 1.29 is 21.6 Å². The average molecular weight is 480 g/mol. The summed E-state index contributed by atoms with van der Waals surface area (Å²) in [4.78, 5) is 14.8. The number of hydrogen-bond acceptors (Lipinski definition) is 5. The second-order valence-corrected chi connectivity index (χ2v) is 12.4. The van der Waals surface area contributed by atoms with Crippen LogP contribution in [0.5, 0.6) is 0 Å². The quantitative estimate of drug-likeness (QED) is 0.608. The molecule has 0 aromatic heterocycles. The number of fused-ring (bicyclic) bond motifs is 1. The van der Waals surface area contributed by atoms with Crippen molar-refractivity contribution in [3.05, 3.63) is 53.6 Å². The number of carbonyl (C=O) groups excluding carboxylic acids is 1. The number of sulfonamides is 2. The Morgan fingerprint density at radius 1 is 1.03 bits per heavy atom. The lowest BCUT2D eigenvalue weighted by molar-refractivity contribution is -0.117. The molecular weight excluding hydrogens is 450 g/mol. The third kappa shape index (κ3) is 4.82. The van der Waals surface area contributed by atoms with Crippen molar-refractivity contribution in [2.45, 2.75) is 31.1 Å². The minimum Gasteiger partial charge on any atom is -0.310 e. The zero-order valence-electron chi connectivity index (χ0n) is 18.9. The molecule has 0 bridgehead atoms. The Labute approximate surface area is 190 Å². The van der Waals surface area contributed by atoms with E-state index in [2.05, 4.69) is 0 Å². The molecule has 1 amide bonds. The van der Waals surface area contributed by atoms with Crippen LogP contribution in [0.2, 0.25) is 0 Å². The number of amides is 1. The van der Waals surface area contributed by atoms with Crippen LogP contribution in [-0.4, -0.2) is 60.5 Å². The highest BCUT2D eigenvalue weighted by molar-refractivity contribution is 7.92. The van der Waals surface area contributed by atoms with E-state index in [1.54, 1.807) is 24.3 Å². The van der Waals surface area contributed by atoms with Crippen LogP contribution in [-0.2, 0) is 31.3 Å². The van der Waals surface area contributed by atoms with Gasteiger partial charge in [-0.15, -0.1) is 0 Å². The lowest BCUT2D eigenvalue weighted by atomic mass is 10.0. The topological polar surface area (TPSA) is 95.1 Å². The first-order chi connectivity index (χ1) is 14.8. The van der Waals surface area contributed by atoms with Gasteiger partial charge in [0.15, 0.2) is 0 Å². The maximum Gasteiger partial charge on any atom is 0.247 e. The largest absolute Gasteiger partial charge is 0.310 e. The van der Waals surface area contributed by atoms with E-state index in [1.165, 1.54) is 25.1 Å². The van der Waals surface area contributed by atoms with E-state index in [0.29, 0.717) is 30.3 Å². The summed E-state index contributed by atoms with van der Waals surface area (Å²) in [7, 11) is -4.34. The molecular formula is C22H29N3O5S2. The van der Waals surface area contributed by atoms with Gasteiger partial charge in [0.25, 0.3) is 0 Å². The molecule has 3 rings (SSSR count). The van der Waals surface area contributed by atoms with Gasteiger partial charge in [0.2, 0.25) is 26.0 Å². The van der Waals surface area contributed by atoms with E-state index in [1.807, 2.05) is 26.0 Å². The van der Waals surface area contributed by atoms with Crippen molar-refractivity contribution in [3.8, 4) is 0 Å². The number of hydrogen-bond donors (Lipinski definition) is 0. The first-order valence-electron chi connectivity index (χ1n) is 10.3. The van der Waals surface area contributed by atoms with Crippen molar-refractivity contribution in [1.82, 2.24) is 4.31 Å². The number of rotatable bonds is 7. The van der Waals surface area contributed by atoms with Crippen LogP contribution in [0.3, 0.4) is 0 Å². The van der Waals surface area contributed by atoms with Gasteiger partial charge in [-0.05, 0) is 53.8 Å². The summed E-state index contributed by atoms with van der Waals surface area (Å²) >= 11 is 0. The normalized spacial score (nSPS) is 14.2. The van der Waals surface area contributed by atoms with Crippen LogP contribution < -0.4 is 9.21 Å². The second-order valence-electron chi connectivity index (χ2n) is 8.39. The monoisotopic (exact) mass is 479 g/mol. The van der Waals surface area contributed by atoms with Gasteiger partial charge >= 0.3 is 0 Å². The highest BCUT2D eigenvalue weighted by atomic mass is 32.2. The van der Waals surface area contributed by atoms with E-state index >= 15 is 0 Å². The molecule has 0 fully saturated rings. The fraction of sp³-hybridized carbons (Fsp3) is 0.409. The summed E-state index contributed by atoms with van der Waals surface area (Å²) in [6.07, 6.45) is 1.58. The Kier molecular flexibility index (Phi) is 6.69. The van der Waals surface area contributed by atoms with Crippen molar-refractivity contribution >= 4 is 37.3 Å². The maximum absolute atomic E-state index is 13.1. The van der Waals surface area contributed by atoms with Gasteiger partial charge in [-0.1, -0.05) is 26.0 Å². The fourth-order valence-electron chi connectivity index (χ4n) is 3.64. The Morgan fingerprint density at radius 3 is 2.19 bits per heavy atom. The van der Waals surface area contributed by atoms with E-state index in [9.17, 15) is 21.6 Å². The van der Waals surface area contributed by atoms with Crippen molar-refractivity contribution in [2.24, 2.45) is 0 Å². The molecule has 0 aliphatic carbocycles. The zero-order valence-corrected chi connectivity index (χ0v) is 20.6. The van der Waals surface area contributed by atoms with Crippen LogP contribution >= 0.6 is 0 Å². The second kappa shape index (κ2) is 8.84. The third-order valence-electron chi connectivity index (χ3n) is 5.55. The van der Waals surface area contributed by atoms with Crippen LogP contribution in [0.15, 0.2) is 47.4 Å². The molecule has 8 nitrogen and oxygen atoms in total. The van der Waals surface area contributed by atoms with E-state index in [0.717, 1.165) is 26.0 Å². The maximum atomic E-state index is 13.1. The van der Waals surface area contributed by atoms with Crippen LogP contribution in [0.25, 0.3) is 0 Å². The van der Waals surface area contributed by atoms with Crippen molar-refractivity contribution in [3.63, 3.8) is 0 Å². The molecule has 174 valence electrons. The number of anilines is 2. The Balaban J connectivity index is 1.86. The molecule has 0 atom stereocenters. The lowest BCUT2D eigenvalue weighted by Gasteiger charge is -2.25. The third-order valence-corrected chi connectivity index (χ3v) is 8.50. The summed E-state index contributed by atoms with van der Waals surface area (Å²) in [5.41, 5.74) is 2.85. The summed E-state index contributed by atoms with van der Waals surface area (Å²) in [5, 5.41) is 0. The van der Waals surface area contributed by atoms with Gasteiger partial charge < -0.3 is 4.90 Å². The van der Waals surface area contributed by atoms with Gasteiger partial charge in [0, 0.05) is 26.3 Å². The highest BCUT2D eigenvalue weighted by Gasteiger charge is 2.30. The van der Waals surface area contributed by atoms with Crippen LogP contribution in [0.1, 0.15) is 30.9 Å². The molecule has 1 aliphatic heterocycles. The minimum atomic E-state index is -3.69. The van der Waals surface area contributed by atoms with Gasteiger partial charge in [-0.25, -0.2) is 21.1 Å². The standard InChI is InChI=1S/C22H29N3O5S2/c1-16(2)17-6-8-19(9-7-17)25(31(5,27)28)15-22(26)24-13-12-18-14-20(10-11-21(18)24)32(29,30)23(3)4/h6-11,14,16H,12-13,15H2,1-5H3. The first kappa shape index (κ1) is 24.2. The number of benzene rings is 2. The molecule has 2 aromatic rings. The fourth-order valence-corrected chi connectivity index (χ4v) is 5.44. The molecule has 0 radical (unpaired) electrons. The van der Waals surface area contributed by atoms with Gasteiger partial charge in [-0.3, -0.25) is 9.10 Å². The van der Waals surface area contributed by atoms with Crippen molar-refractivity contribution in [1.29, 1.82) is 0 Å². The highest BCUT2D eigenvalue weighted by Crippen LogP contribution is 2.31. The van der Waals surface area contributed by atoms with Crippen molar-refractivity contribution in [2.75, 3.05) is 42.6 Å². The Bertz CT molecular complexity index is 1220. The van der Waals surface area contributed by atoms with Gasteiger partial charge in [0.1, 0.15) is 6.54 Å². The number of carbonyl (C=O) groups is 1. The molecule has 2 aromatic carbocycles. The minimum absolute atomic E-state index is 0.165. The summed E-state index contributed by atoms with van der Waals surface area (Å²) < 4.78 is 51.9. The smallest absolute Gasteiger partial charge is 0.247 e. The molecule has 1 aliphatic rings. The number of nitrogens with zero attached hydrogens (tertiary/aromatic N) is 3.